The van der Waals surface area contributed by atoms with Crippen LogP contribution >= 0.6 is 11.6 Å². The SMILES string of the molecule is C=C1C(=O)O[C@@H]2C(=O)O[C@@H](CCc3cccc(Cl)c3)[C@H]12. The summed E-state index contributed by atoms with van der Waals surface area (Å²) in [7, 11) is 0. The Kier molecular flexibility index (Phi) is 3.26. The van der Waals surface area contributed by atoms with Crippen molar-refractivity contribution in [2.75, 3.05) is 0 Å². The Balaban J connectivity index is 1.70. The molecule has 0 amide bonds. The summed E-state index contributed by atoms with van der Waals surface area (Å²) in [6, 6.07) is 7.52. The van der Waals surface area contributed by atoms with Crippen molar-refractivity contribution in [3.8, 4) is 0 Å². The normalized spacial score (nSPS) is 28.2. The summed E-state index contributed by atoms with van der Waals surface area (Å²) in [6.45, 7) is 3.70. The van der Waals surface area contributed by atoms with Gasteiger partial charge >= 0.3 is 11.9 Å². The number of halogens is 1. The fourth-order valence-corrected chi connectivity index (χ4v) is 2.94. The Morgan fingerprint density at radius 1 is 1.25 bits per heavy atom. The third kappa shape index (κ3) is 2.20. The van der Waals surface area contributed by atoms with Gasteiger partial charge in [-0.1, -0.05) is 30.3 Å². The van der Waals surface area contributed by atoms with E-state index in [4.69, 9.17) is 21.1 Å². The highest BCUT2D eigenvalue weighted by Gasteiger charge is 2.54. The maximum Gasteiger partial charge on any atom is 0.348 e. The molecule has 104 valence electrons. The average Bonchev–Trinajstić information content (AvgIpc) is 2.87. The Morgan fingerprint density at radius 2 is 2.05 bits per heavy atom. The van der Waals surface area contributed by atoms with Crippen molar-refractivity contribution in [3.63, 3.8) is 0 Å². The van der Waals surface area contributed by atoms with Gasteiger partial charge in [0, 0.05) is 10.6 Å². The molecule has 3 rings (SSSR count). The largest absolute Gasteiger partial charge is 0.459 e. The molecular formula is C15H13ClO4. The highest BCUT2D eigenvalue weighted by Crippen LogP contribution is 2.38. The molecule has 2 saturated heterocycles. The van der Waals surface area contributed by atoms with Crippen LogP contribution in [0.2, 0.25) is 5.02 Å². The van der Waals surface area contributed by atoms with Crippen molar-refractivity contribution < 1.29 is 19.1 Å². The number of fused-ring (bicyclic) bond motifs is 1. The molecule has 0 unspecified atom stereocenters. The summed E-state index contributed by atoms with van der Waals surface area (Å²) in [5.74, 6) is -1.32. The van der Waals surface area contributed by atoms with E-state index in [1.807, 2.05) is 24.3 Å². The average molecular weight is 293 g/mol. The molecule has 0 aliphatic carbocycles. The van der Waals surface area contributed by atoms with Gasteiger partial charge in [-0.15, -0.1) is 0 Å². The lowest BCUT2D eigenvalue weighted by atomic mass is 9.90. The first-order chi connectivity index (χ1) is 9.56. The van der Waals surface area contributed by atoms with Crippen LogP contribution in [0.4, 0.5) is 0 Å². The van der Waals surface area contributed by atoms with Crippen LogP contribution in [0.25, 0.3) is 0 Å². The minimum absolute atomic E-state index is 0.331. The van der Waals surface area contributed by atoms with E-state index >= 15 is 0 Å². The fourth-order valence-electron chi connectivity index (χ4n) is 2.73. The minimum atomic E-state index is -0.806. The Morgan fingerprint density at radius 3 is 2.80 bits per heavy atom. The molecule has 0 N–H and O–H groups in total. The van der Waals surface area contributed by atoms with Crippen LogP contribution in [0.15, 0.2) is 36.4 Å². The van der Waals surface area contributed by atoms with Gasteiger partial charge in [0.1, 0.15) is 6.10 Å². The number of carbonyl (C=O) groups is 2. The highest BCUT2D eigenvalue weighted by molar-refractivity contribution is 6.30. The van der Waals surface area contributed by atoms with E-state index in [1.165, 1.54) is 0 Å². The van der Waals surface area contributed by atoms with Crippen molar-refractivity contribution in [1.82, 2.24) is 0 Å². The monoisotopic (exact) mass is 292 g/mol. The Hall–Kier alpha value is -1.81. The van der Waals surface area contributed by atoms with E-state index in [0.717, 1.165) is 5.56 Å². The van der Waals surface area contributed by atoms with Gasteiger partial charge in [0.2, 0.25) is 6.10 Å². The lowest BCUT2D eigenvalue weighted by molar-refractivity contribution is -0.156. The van der Waals surface area contributed by atoms with Crippen molar-refractivity contribution in [2.45, 2.75) is 25.0 Å². The number of ether oxygens (including phenoxy) is 2. The zero-order valence-corrected chi connectivity index (χ0v) is 11.4. The molecule has 0 aromatic heterocycles. The zero-order chi connectivity index (χ0) is 14.3. The molecule has 0 radical (unpaired) electrons. The van der Waals surface area contributed by atoms with Crippen molar-refractivity contribution >= 4 is 23.5 Å². The van der Waals surface area contributed by atoms with E-state index in [9.17, 15) is 9.59 Å². The number of carbonyl (C=O) groups excluding carboxylic acids is 2. The van der Waals surface area contributed by atoms with Crippen LogP contribution in [-0.4, -0.2) is 24.1 Å². The Labute approximate surface area is 121 Å². The summed E-state index contributed by atoms with van der Waals surface area (Å²) < 4.78 is 10.3. The molecule has 0 saturated carbocycles. The first-order valence-electron chi connectivity index (χ1n) is 6.41. The highest BCUT2D eigenvalue weighted by atomic mass is 35.5. The third-order valence-corrected chi connectivity index (χ3v) is 3.97. The number of aryl methyl sites for hydroxylation is 1. The molecule has 5 heteroatoms. The first-order valence-corrected chi connectivity index (χ1v) is 6.79. The molecule has 4 nitrogen and oxygen atoms in total. The maximum absolute atomic E-state index is 11.7. The number of esters is 2. The predicted octanol–water partition coefficient (Wildman–Crippen LogP) is 2.30. The summed E-state index contributed by atoms with van der Waals surface area (Å²) in [4.78, 5) is 23.1. The molecule has 2 aliphatic rings. The molecule has 1 aromatic rings. The lowest BCUT2D eigenvalue weighted by Crippen LogP contribution is -2.22. The van der Waals surface area contributed by atoms with Gasteiger partial charge in [-0.05, 0) is 30.5 Å². The third-order valence-electron chi connectivity index (χ3n) is 3.73. The summed E-state index contributed by atoms with van der Waals surface area (Å²) in [5.41, 5.74) is 1.39. The molecule has 20 heavy (non-hydrogen) atoms. The molecular weight excluding hydrogens is 280 g/mol. The molecule has 2 fully saturated rings. The van der Waals surface area contributed by atoms with Crippen LogP contribution in [-0.2, 0) is 25.5 Å². The number of benzene rings is 1. The van der Waals surface area contributed by atoms with E-state index in [0.29, 0.717) is 23.4 Å². The first kappa shape index (κ1) is 13.2. The molecule has 2 aliphatic heterocycles. The van der Waals surface area contributed by atoms with Gasteiger partial charge in [-0.2, -0.15) is 0 Å². The number of cyclic esters (lactones) is 1. The predicted molar refractivity (Wildman–Crippen MR) is 72.2 cm³/mol. The second-order valence-corrected chi connectivity index (χ2v) is 5.46. The maximum atomic E-state index is 11.7. The minimum Gasteiger partial charge on any atom is -0.459 e. The van der Waals surface area contributed by atoms with Crippen LogP contribution < -0.4 is 0 Å². The molecule has 1 aromatic carbocycles. The van der Waals surface area contributed by atoms with Crippen molar-refractivity contribution in [1.29, 1.82) is 0 Å². The van der Waals surface area contributed by atoms with Crippen LogP contribution in [0, 0.1) is 5.92 Å². The van der Waals surface area contributed by atoms with E-state index in [-0.39, 0.29) is 12.0 Å². The zero-order valence-electron chi connectivity index (χ0n) is 10.7. The standard InChI is InChI=1S/C15H13ClO4/c1-8-12-11(19-15(18)13(12)20-14(8)17)6-5-9-3-2-4-10(16)7-9/h2-4,7,11-13H,1,5-6H2/t11-,12-,13-/m0/s1. The quantitative estimate of drug-likeness (QED) is 0.633. The second kappa shape index (κ2) is 4.94. The van der Waals surface area contributed by atoms with E-state index < -0.39 is 18.0 Å². The summed E-state index contributed by atoms with van der Waals surface area (Å²) in [6.07, 6.45) is 0.163. The molecule has 0 spiro atoms. The number of hydrogen-bond acceptors (Lipinski definition) is 4. The molecule has 2 heterocycles. The fraction of sp³-hybridized carbons (Fsp3) is 0.333. The summed E-state index contributed by atoms with van der Waals surface area (Å²) >= 11 is 5.93. The number of rotatable bonds is 3. The van der Waals surface area contributed by atoms with Gasteiger partial charge in [0.25, 0.3) is 0 Å². The van der Waals surface area contributed by atoms with Crippen LogP contribution in [0.1, 0.15) is 12.0 Å². The van der Waals surface area contributed by atoms with Gasteiger partial charge in [-0.3, -0.25) is 0 Å². The second-order valence-electron chi connectivity index (χ2n) is 5.02. The summed E-state index contributed by atoms with van der Waals surface area (Å²) in [5, 5.41) is 0.674. The smallest absolute Gasteiger partial charge is 0.348 e. The van der Waals surface area contributed by atoms with Crippen LogP contribution in [0.5, 0.6) is 0 Å². The van der Waals surface area contributed by atoms with E-state index in [2.05, 4.69) is 6.58 Å². The van der Waals surface area contributed by atoms with Gasteiger partial charge < -0.3 is 9.47 Å². The van der Waals surface area contributed by atoms with Gasteiger partial charge in [-0.25, -0.2) is 9.59 Å². The van der Waals surface area contributed by atoms with Crippen molar-refractivity contribution in [3.05, 3.63) is 47.0 Å². The van der Waals surface area contributed by atoms with Gasteiger partial charge in [0.05, 0.1) is 5.92 Å². The van der Waals surface area contributed by atoms with Crippen molar-refractivity contribution in [2.24, 2.45) is 5.92 Å². The Bertz CT molecular complexity index is 595. The topological polar surface area (TPSA) is 52.6 Å². The molecule has 3 atom stereocenters. The molecule has 0 bridgehead atoms. The number of hydrogen-bond donors (Lipinski definition) is 0. The van der Waals surface area contributed by atoms with Crippen LogP contribution in [0.3, 0.4) is 0 Å². The van der Waals surface area contributed by atoms with E-state index in [1.54, 1.807) is 0 Å². The van der Waals surface area contributed by atoms with Gasteiger partial charge in [0.15, 0.2) is 0 Å². The lowest BCUT2D eigenvalue weighted by Gasteiger charge is -2.14.